The van der Waals surface area contributed by atoms with Gasteiger partial charge in [0.2, 0.25) is 0 Å². The van der Waals surface area contributed by atoms with E-state index in [1.165, 1.54) is 29.5 Å². The standard InChI is InChI=1S/C20H13ClF3N3O2S/c21-15-7-8-30-17(15)19(28)25-18-13-9-12(5-6-16(13)26-27-18)29-10-11-3-1-2-4-14(11)20(22,23)24/h1-9H,10H2,(H2,25,26,27,28). The lowest BCUT2D eigenvalue weighted by Crippen LogP contribution is -2.11. The van der Waals surface area contributed by atoms with Crippen LogP contribution in [-0.4, -0.2) is 16.1 Å². The molecule has 10 heteroatoms. The zero-order valence-corrected chi connectivity index (χ0v) is 16.7. The number of carbonyl (C=O) groups excluding carboxylic acids is 1. The zero-order chi connectivity index (χ0) is 21.3. The Bertz CT molecular complexity index is 1220. The number of ether oxygens (including phenoxy) is 1. The lowest BCUT2D eigenvalue weighted by atomic mass is 10.1. The number of carbonyl (C=O) groups is 1. The molecule has 4 aromatic rings. The zero-order valence-electron chi connectivity index (χ0n) is 15.1. The van der Waals surface area contributed by atoms with Crippen LogP contribution in [0.5, 0.6) is 5.75 Å². The molecular weight excluding hydrogens is 439 g/mol. The molecule has 0 aliphatic heterocycles. The molecule has 154 valence electrons. The Morgan fingerprint density at radius 3 is 2.73 bits per heavy atom. The smallest absolute Gasteiger partial charge is 0.416 e. The number of aromatic amines is 1. The van der Waals surface area contributed by atoms with Crippen molar-refractivity contribution in [2.45, 2.75) is 12.8 Å². The summed E-state index contributed by atoms with van der Waals surface area (Å²) in [7, 11) is 0. The van der Waals surface area contributed by atoms with Gasteiger partial charge >= 0.3 is 6.18 Å². The molecular formula is C20H13ClF3N3O2S. The highest BCUT2D eigenvalue weighted by molar-refractivity contribution is 7.12. The van der Waals surface area contributed by atoms with Crippen molar-refractivity contribution in [2.75, 3.05) is 5.32 Å². The van der Waals surface area contributed by atoms with E-state index in [9.17, 15) is 18.0 Å². The van der Waals surface area contributed by atoms with Crippen molar-refractivity contribution >= 4 is 45.6 Å². The van der Waals surface area contributed by atoms with Crippen molar-refractivity contribution < 1.29 is 22.7 Å². The van der Waals surface area contributed by atoms with E-state index >= 15 is 0 Å². The van der Waals surface area contributed by atoms with Gasteiger partial charge in [-0.05, 0) is 35.7 Å². The molecule has 30 heavy (non-hydrogen) atoms. The van der Waals surface area contributed by atoms with Crippen molar-refractivity contribution in [3.05, 3.63) is 74.9 Å². The van der Waals surface area contributed by atoms with E-state index in [1.807, 2.05) is 0 Å². The molecule has 0 saturated carbocycles. The monoisotopic (exact) mass is 451 g/mol. The number of amides is 1. The first kappa shape index (κ1) is 20.2. The molecule has 0 unspecified atom stereocenters. The van der Waals surface area contributed by atoms with Gasteiger partial charge < -0.3 is 10.1 Å². The van der Waals surface area contributed by atoms with Crippen LogP contribution in [0.4, 0.5) is 19.0 Å². The predicted molar refractivity (Wildman–Crippen MR) is 109 cm³/mol. The number of rotatable bonds is 5. The number of nitrogens with zero attached hydrogens (tertiary/aromatic N) is 1. The Labute approximate surface area is 177 Å². The predicted octanol–water partition coefficient (Wildman–Crippen LogP) is 6.13. The molecule has 0 spiro atoms. The molecule has 0 fully saturated rings. The van der Waals surface area contributed by atoms with Crippen LogP contribution < -0.4 is 10.1 Å². The van der Waals surface area contributed by atoms with Crippen LogP contribution in [0.15, 0.2) is 53.9 Å². The van der Waals surface area contributed by atoms with Gasteiger partial charge in [-0.25, -0.2) is 0 Å². The van der Waals surface area contributed by atoms with E-state index < -0.39 is 17.6 Å². The number of aromatic nitrogens is 2. The largest absolute Gasteiger partial charge is 0.489 e. The molecule has 0 bridgehead atoms. The third kappa shape index (κ3) is 4.12. The quantitative estimate of drug-likeness (QED) is 0.383. The van der Waals surface area contributed by atoms with Crippen molar-refractivity contribution in [2.24, 2.45) is 0 Å². The van der Waals surface area contributed by atoms with Crippen LogP contribution in [-0.2, 0) is 12.8 Å². The number of nitrogens with one attached hydrogen (secondary N) is 2. The minimum Gasteiger partial charge on any atom is -0.489 e. The molecule has 1 amide bonds. The molecule has 0 aliphatic rings. The fourth-order valence-electron chi connectivity index (χ4n) is 2.88. The number of H-pyrrole nitrogens is 1. The van der Waals surface area contributed by atoms with Crippen LogP contribution in [0.3, 0.4) is 0 Å². The lowest BCUT2D eigenvalue weighted by Gasteiger charge is -2.13. The van der Waals surface area contributed by atoms with Crippen molar-refractivity contribution in [3.63, 3.8) is 0 Å². The van der Waals surface area contributed by atoms with Gasteiger partial charge in [-0.2, -0.15) is 18.3 Å². The van der Waals surface area contributed by atoms with Crippen LogP contribution in [0.25, 0.3) is 10.9 Å². The van der Waals surface area contributed by atoms with Crippen molar-refractivity contribution in [1.82, 2.24) is 10.2 Å². The Morgan fingerprint density at radius 2 is 2.00 bits per heavy atom. The maximum Gasteiger partial charge on any atom is 0.416 e. The van der Waals surface area contributed by atoms with Crippen LogP contribution >= 0.6 is 22.9 Å². The number of anilines is 1. The molecule has 0 atom stereocenters. The number of hydrogen-bond acceptors (Lipinski definition) is 4. The molecule has 2 aromatic carbocycles. The number of halogens is 4. The molecule has 0 radical (unpaired) electrons. The first-order valence-electron chi connectivity index (χ1n) is 8.63. The minimum absolute atomic E-state index is 0.0261. The van der Waals surface area contributed by atoms with Crippen molar-refractivity contribution in [3.8, 4) is 5.75 Å². The van der Waals surface area contributed by atoms with Crippen LogP contribution in [0.1, 0.15) is 20.8 Å². The van der Waals surface area contributed by atoms with E-state index in [0.717, 1.165) is 6.07 Å². The molecule has 2 N–H and O–H groups in total. The third-order valence-electron chi connectivity index (χ3n) is 4.31. The summed E-state index contributed by atoms with van der Waals surface area (Å²) in [5.74, 6) is 0.194. The van der Waals surface area contributed by atoms with E-state index in [0.29, 0.717) is 26.6 Å². The maximum absolute atomic E-state index is 13.1. The first-order chi connectivity index (χ1) is 14.3. The van der Waals surface area contributed by atoms with E-state index in [1.54, 1.807) is 29.6 Å². The summed E-state index contributed by atoms with van der Waals surface area (Å²) >= 11 is 7.18. The Morgan fingerprint density at radius 1 is 1.20 bits per heavy atom. The summed E-state index contributed by atoms with van der Waals surface area (Å²) in [5, 5.41) is 12.1. The average molecular weight is 452 g/mol. The van der Waals surface area contributed by atoms with Gasteiger partial charge in [0.15, 0.2) is 5.82 Å². The van der Waals surface area contributed by atoms with Crippen LogP contribution in [0, 0.1) is 0 Å². The van der Waals surface area contributed by atoms with Gasteiger partial charge in [0, 0.05) is 10.9 Å². The Balaban J connectivity index is 1.55. The number of alkyl halides is 3. The van der Waals surface area contributed by atoms with E-state index in [-0.39, 0.29) is 18.0 Å². The normalized spacial score (nSPS) is 11.6. The SMILES string of the molecule is O=C(Nc1n[nH]c2ccc(OCc3ccccc3C(F)(F)F)cc12)c1sccc1Cl. The summed E-state index contributed by atoms with van der Waals surface area (Å²) in [6.45, 7) is -0.258. The Kier molecular flexibility index (Phi) is 5.40. The first-order valence-corrected chi connectivity index (χ1v) is 9.89. The third-order valence-corrected chi connectivity index (χ3v) is 5.65. The summed E-state index contributed by atoms with van der Waals surface area (Å²) in [6.07, 6.45) is -4.46. The van der Waals surface area contributed by atoms with Gasteiger partial charge in [-0.15, -0.1) is 11.3 Å². The average Bonchev–Trinajstić information content (AvgIpc) is 3.32. The Hall–Kier alpha value is -3.04. The van der Waals surface area contributed by atoms with E-state index in [4.69, 9.17) is 16.3 Å². The summed E-state index contributed by atoms with van der Waals surface area (Å²) < 4.78 is 45.0. The second-order valence-corrected chi connectivity index (χ2v) is 7.60. The summed E-state index contributed by atoms with van der Waals surface area (Å²) in [5.41, 5.74) is -0.0843. The maximum atomic E-state index is 13.1. The van der Waals surface area contributed by atoms with Gasteiger partial charge in [-0.3, -0.25) is 9.89 Å². The number of fused-ring (bicyclic) bond motifs is 1. The molecule has 0 saturated heterocycles. The second-order valence-electron chi connectivity index (χ2n) is 6.27. The summed E-state index contributed by atoms with van der Waals surface area (Å²) in [6, 6.07) is 11.7. The lowest BCUT2D eigenvalue weighted by molar-refractivity contribution is -0.138. The van der Waals surface area contributed by atoms with Gasteiger partial charge in [0.1, 0.15) is 17.2 Å². The van der Waals surface area contributed by atoms with E-state index in [2.05, 4.69) is 15.5 Å². The fourth-order valence-corrected chi connectivity index (χ4v) is 3.92. The minimum atomic E-state index is -4.46. The molecule has 4 rings (SSSR count). The molecule has 2 aromatic heterocycles. The summed E-state index contributed by atoms with van der Waals surface area (Å²) in [4.78, 5) is 12.7. The van der Waals surface area contributed by atoms with Crippen LogP contribution in [0.2, 0.25) is 5.02 Å². The number of thiophene rings is 1. The van der Waals surface area contributed by atoms with Crippen molar-refractivity contribution in [1.29, 1.82) is 0 Å². The highest BCUT2D eigenvalue weighted by Gasteiger charge is 2.33. The second kappa shape index (κ2) is 8.00. The van der Waals surface area contributed by atoms with Gasteiger partial charge in [0.25, 0.3) is 5.91 Å². The number of benzene rings is 2. The molecule has 2 heterocycles. The fraction of sp³-hybridized carbons (Fsp3) is 0.100. The topological polar surface area (TPSA) is 67.0 Å². The number of hydrogen-bond donors (Lipinski definition) is 2. The molecule has 5 nitrogen and oxygen atoms in total. The van der Waals surface area contributed by atoms with Gasteiger partial charge in [-0.1, -0.05) is 29.8 Å². The highest BCUT2D eigenvalue weighted by Crippen LogP contribution is 2.33. The molecule has 0 aliphatic carbocycles. The highest BCUT2D eigenvalue weighted by atomic mass is 35.5. The van der Waals surface area contributed by atoms with Gasteiger partial charge in [0.05, 0.1) is 16.1 Å².